The average molecular weight is 256 g/mol. The van der Waals surface area contributed by atoms with Crippen LogP contribution in [0.15, 0.2) is 0 Å². The lowest BCUT2D eigenvalue weighted by molar-refractivity contribution is -0.127. The van der Waals surface area contributed by atoms with Crippen molar-refractivity contribution in [2.75, 3.05) is 19.7 Å². The zero-order chi connectivity index (χ0) is 13.0. The number of alkyl carbamates (subject to hydrolysis) is 1. The summed E-state index contributed by atoms with van der Waals surface area (Å²) < 4.78 is 9.65. The smallest absolute Gasteiger partial charge is 0.416 e. The molecule has 2 rings (SSSR count). The van der Waals surface area contributed by atoms with Gasteiger partial charge in [0.1, 0.15) is 12.7 Å². The van der Waals surface area contributed by atoms with Crippen molar-refractivity contribution in [1.29, 1.82) is 0 Å². The van der Waals surface area contributed by atoms with Crippen molar-refractivity contribution in [2.24, 2.45) is 0 Å². The van der Waals surface area contributed by atoms with Crippen molar-refractivity contribution in [3.05, 3.63) is 0 Å². The van der Waals surface area contributed by atoms with Gasteiger partial charge in [0.05, 0.1) is 13.1 Å². The summed E-state index contributed by atoms with van der Waals surface area (Å²) in [4.78, 5) is 34.6. The Morgan fingerprint density at radius 3 is 2.83 bits per heavy atom. The molecule has 18 heavy (non-hydrogen) atoms. The van der Waals surface area contributed by atoms with Gasteiger partial charge in [0.2, 0.25) is 5.91 Å². The number of carbonyl (C=O) groups is 3. The van der Waals surface area contributed by atoms with Gasteiger partial charge >= 0.3 is 12.2 Å². The Morgan fingerprint density at radius 1 is 1.39 bits per heavy atom. The number of nitrogens with one attached hydrogen (secondary N) is 1. The van der Waals surface area contributed by atoms with Gasteiger partial charge in [-0.1, -0.05) is 0 Å². The molecule has 0 bridgehead atoms. The van der Waals surface area contributed by atoms with Gasteiger partial charge in [0.25, 0.3) is 0 Å². The molecule has 0 aliphatic carbocycles. The van der Waals surface area contributed by atoms with Crippen molar-refractivity contribution in [2.45, 2.75) is 31.8 Å². The molecule has 2 aliphatic heterocycles. The fourth-order valence-corrected chi connectivity index (χ4v) is 2.00. The number of nitrogens with zero attached hydrogens (tertiary/aromatic N) is 1. The van der Waals surface area contributed by atoms with E-state index >= 15 is 0 Å². The van der Waals surface area contributed by atoms with Crippen LogP contribution >= 0.6 is 0 Å². The third kappa shape index (κ3) is 3.12. The molecule has 3 amide bonds. The molecule has 2 saturated heterocycles. The van der Waals surface area contributed by atoms with E-state index in [-0.39, 0.29) is 24.7 Å². The highest BCUT2D eigenvalue weighted by Crippen LogP contribution is 2.12. The molecular formula is C11H16N2O5. The molecule has 0 aromatic rings. The highest BCUT2D eigenvalue weighted by atomic mass is 16.6. The molecule has 0 aromatic carbocycles. The summed E-state index contributed by atoms with van der Waals surface area (Å²) in [5.41, 5.74) is 0. The normalized spacial score (nSPS) is 22.7. The van der Waals surface area contributed by atoms with Crippen LogP contribution in [0.5, 0.6) is 0 Å². The fraction of sp³-hybridized carbons (Fsp3) is 0.727. The lowest BCUT2D eigenvalue weighted by Crippen LogP contribution is -2.31. The van der Waals surface area contributed by atoms with Crippen LogP contribution in [0.4, 0.5) is 9.59 Å². The van der Waals surface area contributed by atoms with Gasteiger partial charge in [0, 0.05) is 6.42 Å². The van der Waals surface area contributed by atoms with E-state index in [4.69, 9.17) is 4.74 Å². The minimum atomic E-state index is -0.547. The summed E-state index contributed by atoms with van der Waals surface area (Å²) >= 11 is 0. The number of rotatable bonds is 5. The molecule has 7 heteroatoms. The van der Waals surface area contributed by atoms with Gasteiger partial charge < -0.3 is 14.8 Å². The zero-order valence-electron chi connectivity index (χ0n) is 10.0. The lowest BCUT2D eigenvalue weighted by atomic mass is 10.1. The summed E-state index contributed by atoms with van der Waals surface area (Å²) in [6.07, 6.45) is 1.50. The van der Waals surface area contributed by atoms with Gasteiger partial charge in [0.15, 0.2) is 0 Å². The average Bonchev–Trinajstić information content (AvgIpc) is 2.93. The van der Waals surface area contributed by atoms with E-state index in [9.17, 15) is 14.4 Å². The highest BCUT2D eigenvalue weighted by molar-refractivity contribution is 5.92. The number of hydrogen-bond donors (Lipinski definition) is 1. The van der Waals surface area contributed by atoms with E-state index in [1.54, 1.807) is 0 Å². The quantitative estimate of drug-likeness (QED) is 0.729. The van der Waals surface area contributed by atoms with E-state index in [0.29, 0.717) is 25.9 Å². The number of ether oxygens (including phenoxy) is 2. The summed E-state index contributed by atoms with van der Waals surface area (Å²) in [5, 5.41) is 2.57. The molecule has 0 aromatic heterocycles. The van der Waals surface area contributed by atoms with E-state index in [2.05, 4.69) is 10.1 Å². The van der Waals surface area contributed by atoms with Crippen molar-refractivity contribution < 1.29 is 23.9 Å². The third-order valence-corrected chi connectivity index (χ3v) is 2.98. The molecule has 2 aliphatic rings. The Hall–Kier alpha value is -1.79. The lowest BCUT2D eigenvalue weighted by Gasteiger charge is -2.11. The maximum absolute atomic E-state index is 11.6. The Bertz CT molecular complexity index is 357. The summed E-state index contributed by atoms with van der Waals surface area (Å²) in [6, 6.07) is 0. The van der Waals surface area contributed by atoms with Crippen LogP contribution in [-0.2, 0) is 14.3 Å². The maximum atomic E-state index is 11.6. The number of amides is 3. The number of imide groups is 1. The first-order valence-corrected chi connectivity index (χ1v) is 6.08. The Morgan fingerprint density at radius 2 is 2.22 bits per heavy atom. The van der Waals surface area contributed by atoms with Gasteiger partial charge in [-0.15, -0.1) is 0 Å². The molecule has 7 nitrogen and oxygen atoms in total. The van der Waals surface area contributed by atoms with E-state index in [1.165, 1.54) is 0 Å². The maximum Gasteiger partial charge on any atom is 0.416 e. The summed E-state index contributed by atoms with van der Waals surface area (Å²) in [7, 11) is 0. The molecule has 0 saturated carbocycles. The molecule has 0 spiro atoms. The van der Waals surface area contributed by atoms with E-state index < -0.39 is 6.09 Å². The molecule has 1 atom stereocenters. The molecule has 100 valence electrons. The molecular weight excluding hydrogens is 240 g/mol. The number of hydrogen-bond acceptors (Lipinski definition) is 5. The first-order chi connectivity index (χ1) is 8.66. The van der Waals surface area contributed by atoms with Crippen LogP contribution < -0.4 is 5.32 Å². The zero-order valence-corrected chi connectivity index (χ0v) is 10.0. The molecule has 0 radical (unpaired) electrons. The van der Waals surface area contributed by atoms with E-state index in [1.807, 2.05) is 0 Å². The summed E-state index contributed by atoms with van der Waals surface area (Å²) in [5.74, 6) is -0.195. The monoisotopic (exact) mass is 256 g/mol. The van der Waals surface area contributed by atoms with Gasteiger partial charge in [-0.05, 0) is 19.3 Å². The number of unbranched alkanes of at least 4 members (excludes halogenated alkanes) is 1. The van der Waals surface area contributed by atoms with Gasteiger partial charge in [-0.2, -0.15) is 0 Å². The van der Waals surface area contributed by atoms with Gasteiger partial charge in [-0.25, -0.2) is 14.5 Å². The van der Waals surface area contributed by atoms with Crippen LogP contribution in [0.1, 0.15) is 25.7 Å². The molecule has 1 N–H and O–H groups in total. The van der Waals surface area contributed by atoms with Crippen molar-refractivity contribution >= 4 is 18.1 Å². The molecule has 2 heterocycles. The topological polar surface area (TPSA) is 84.9 Å². The van der Waals surface area contributed by atoms with Crippen LogP contribution in [0.25, 0.3) is 0 Å². The van der Waals surface area contributed by atoms with E-state index in [0.717, 1.165) is 17.7 Å². The van der Waals surface area contributed by atoms with Gasteiger partial charge in [-0.3, -0.25) is 4.79 Å². The Balaban J connectivity index is 1.59. The standard InChI is InChI=1S/C11H16N2O5/c14-9(13-5-6-17-11(13)16)4-2-1-3-8-7-12-10(15)18-8/h8H,1-7H2,(H,12,15). The minimum absolute atomic E-state index is 0.0932. The number of carbonyl (C=O) groups excluding carboxylic acids is 3. The first kappa shape index (κ1) is 12.7. The Kier molecular flexibility index (Phi) is 4.01. The fourth-order valence-electron chi connectivity index (χ4n) is 2.00. The highest BCUT2D eigenvalue weighted by Gasteiger charge is 2.28. The second kappa shape index (κ2) is 5.70. The predicted molar refractivity (Wildman–Crippen MR) is 59.8 cm³/mol. The SMILES string of the molecule is O=C1NCC(CCCCC(=O)N2CCOC2=O)O1. The van der Waals surface area contributed by atoms with Crippen molar-refractivity contribution in [3.8, 4) is 0 Å². The van der Waals surface area contributed by atoms with Crippen LogP contribution in [0.2, 0.25) is 0 Å². The summed E-state index contributed by atoms with van der Waals surface area (Å²) in [6.45, 7) is 1.17. The number of cyclic esters (lactones) is 2. The third-order valence-electron chi connectivity index (χ3n) is 2.98. The second-order valence-electron chi connectivity index (χ2n) is 4.31. The largest absolute Gasteiger partial charge is 0.447 e. The molecule has 1 unspecified atom stereocenters. The van der Waals surface area contributed by atoms with Crippen LogP contribution in [0, 0.1) is 0 Å². The predicted octanol–water partition coefficient (Wildman–Crippen LogP) is 0.634. The second-order valence-corrected chi connectivity index (χ2v) is 4.31. The van der Waals surface area contributed by atoms with Crippen molar-refractivity contribution in [1.82, 2.24) is 10.2 Å². The Labute approximate surface area is 104 Å². The molecule has 2 fully saturated rings. The first-order valence-electron chi connectivity index (χ1n) is 6.08. The van der Waals surface area contributed by atoms with Crippen molar-refractivity contribution in [3.63, 3.8) is 0 Å². The minimum Gasteiger partial charge on any atom is -0.447 e. The van der Waals surface area contributed by atoms with Crippen LogP contribution in [-0.4, -0.2) is 48.8 Å². The van der Waals surface area contributed by atoms with Crippen LogP contribution in [0.3, 0.4) is 0 Å².